The van der Waals surface area contributed by atoms with E-state index in [1.807, 2.05) is 0 Å². The molecule has 5 nitrogen and oxygen atoms in total. The lowest BCUT2D eigenvalue weighted by Crippen LogP contribution is -2.16. The van der Waals surface area contributed by atoms with Crippen LogP contribution in [0.4, 0.5) is 5.69 Å². The van der Waals surface area contributed by atoms with Gasteiger partial charge >= 0.3 is 5.97 Å². The summed E-state index contributed by atoms with van der Waals surface area (Å²) in [5.74, 6) is -1.34. The lowest BCUT2D eigenvalue weighted by Gasteiger charge is -2.14. The molecule has 2 N–H and O–H groups in total. The number of anilines is 1. The molecular weight excluding hydrogens is 460 g/mol. The highest BCUT2D eigenvalue weighted by molar-refractivity contribution is 6.38. The van der Waals surface area contributed by atoms with Gasteiger partial charge in [0.1, 0.15) is 6.61 Å². The van der Waals surface area contributed by atoms with Crippen molar-refractivity contribution in [2.45, 2.75) is 25.9 Å². The predicted molar refractivity (Wildman–Crippen MR) is 114 cm³/mol. The molecule has 0 spiro atoms. The molecule has 0 saturated carbocycles. The molecule has 1 aliphatic rings. The SMILES string of the molecule is O=C(O)C1=C(C(=O)Nc2cc(Cl)c(OCc3c(Cl)cccc3Cl)c(Cl)c2)CCC1. The number of carbonyl (C=O) groups is 2. The molecule has 9 heteroatoms. The van der Waals surface area contributed by atoms with E-state index < -0.39 is 11.9 Å². The number of carboxylic acids is 1. The predicted octanol–water partition coefficient (Wildman–Crippen LogP) is 6.38. The van der Waals surface area contributed by atoms with Crippen LogP contribution >= 0.6 is 46.4 Å². The summed E-state index contributed by atoms with van der Waals surface area (Å²) >= 11 is 24.8. The van der Waals surface area contributed by atoms with Crippen molar-refractivity contribution < 1.29 is 19.4 Å². The highest BCUT2D eigenvalue weighted by Crippen LogP contribution is 2.38. The fraction of sp³-hybridized carbons (Fsp3) is 0.200. The van der Waals surface area contributed by atoms with Crippen molar-refractivity contribution in [3.05, 3.63) is 67.1 Å². The lowest BCUT2D eigenvalue weighted by molar-refractivity contribution is -0.133. The van der Waals surface area contributed by atoms with E-state index in [2.05, 4.69) is 5.32 Å². The second kappa shape index (κ2) is 9.26. The highest BCUT2D eigenvalue weighted by Gasteiger charge is 2.25. The van der Waals surface area contributed by atoms with Crippen LogP contribution in [0.5, 0.6) is 5.75 Å². The molecule has 0 aromatic heterocycles. The second-order valence-corrected chi connectivity index (χ2v) is 7.96. The van der Waals surface area contributed by atoms with Crippen LogP contribution in [0.15, 0.2) is 41.5 Å². The molecule has 0 atom stereocenters. The van der Waals surface area contributed by atoms with Crippen LogP contribution in [0, 0.1) is 0 Å². The normalized spacial score (nSPS) is 13.5. The number of ether oxygens (including phenoxy) is 1. The van der Waals surface area contributed by atoms with E-state index in [0.717, 1.165) is 0 Å². The van der Waals surface area contributed by atoms with Crippen LogP contribution in [0.25, 0.3) is 0 Å². The van der Waals surface area contributed by atoms with Crippen molar-refractivity contribution in [1.29, 1.82) is 0 Å². The lowest BCUT2D eigenvalue weighted by atomic mass is 10.1. The van der Waals surface area contributed by atoms with Crippen LogP contribution < -0.4 is 10.1 Å². The molecule has 0 bridgehead atoms. The van der Waals surface area contributed by atoms with Crippen molar-refractivity contribution in [3.8, 4) is 5.75 Å². The Hall–Kier alpha value is -1.92. The molecule has 0 aliphatic heterocycles. The molecule has 0 saturated heterocycles. The van der Waals surface area contributed by atoms with E-state index in [-0.39, 0.29) is 33.5 Å². The van der Waals surface area contributed by atoms with E-state index in [0.29, 0.717) is 40.6 Å². The van der Waals surface area contributed by atoms with E-state index in [9.17, 15) is 14.7 Å². The van der Waals surface area contributed by atoms with Gasteiger partial charge in [-0.05, 0) is 43.5 Å². The van der Waals surface area contributed by atoms with Crippen LogP contribution in [-0.4, -0.2) is 17.0 Å². The number of benzene rings is 2. The quantitative estimate of drug-likeness (QED) is 0.509. The minimum Gasteiger partial charge on any atom is -0.486 e. The Bertz CT molecular complexity index is 976. The number of rotatable bonds is 6. The molecule has 2 aromatic rings. The summed E-state index contributed by atoms with van der Waals surface area (Å²) < 4.78 is 5.69. The smallest absolute Gasteiger partial charge is 0.332 e. The molecule has 29 heavy (non-hydrogen) atoms. The molecule has 1 aliphatic carbocycles. The van der Waals surface area contributed by atoms with Gasteiger partial charge in [0.15, 0.2) is 5.75 Å². The molecule has 0 heterocycles. The first-order chi connectivity index (χ1) is 13.8. The van der Waals surface area contributed by atoms with E-state index in [1.54, 1.807) is 18.2 Å². The van der Waals surface area contributed by atoms with Gasteiger partial charge in [-0.25, -0.2) is 4.79 Å². The molecule has 152 valence electrons. The zero-order valence-corrected chi connectivity index (χ0v) is 17.9. The number of aliphatic carboxylic acids is 1. The average Bonchev–Trinajstić information content (AvgIpc) is 3.13. The molecule has 0 fully saturated rings. The molecule has 0 unspecified atom stereocenters. The Labute approximate surface area is 187 Å². The topological polar surface area (TPSA) is 75.6 Å². The summed E-state index contributed by atoms with van der Waals surface area (Å²) in [6, 6.07) is 8.06. The van der Waals surface area contributed by atoms with Gasteiger partial charge in [-0.2, -0.15) is 0 Å². The Balaban J connectivity index is 1.77. The number of nitrogens with one attached hydrogen (secondary N) is 1. The van der Waals surface area contributed by atoms with E-state index in [1.165, 1.54) is 12.1 Å². The maximum absolute atomic E-state index is 12.4. The van der Waals surface area contributed by atoms with Crippen LogP contribution in [0.3, 0.4) is 0 Å². The number of carboxylic acid groups (broad SMARTS) is 1. The van der Waals surface area contributed by atoms with Gasteiger partial charge in [0.05, 0.1) is 10.0 Å². The summed E-state index contributed by atoms with van der Waals surface area (Å²) in [7, 11) is 0. The number of amides is 1. The average molecular weight is 475 g/mol. The number of halogens is 4. The summed E-state index contributed by atoms with van der Waals surface area (Å²) in [4.78, 5) is 23.7. The van der Waals surface area contributed by atoms with Crippen molar-refractivity contribution in [2.75, 3.05) is 5.32 Å². The van der Waals surface area contributed by atoms with Gasteiger partial charge in [-0.1, -0.05) is 52.5 Å². The van der Waals surface area contributed by atoms with Crippen LogP contribution in [0.1, 0.15) is 24.8 Å². The van der Waals surface area contributed by atoms with Crippen molar-refractivity contribution in [2.24, 2.45) is 0 Å². The molecular formula is C20H15Cl4NO4. The Morgan fingerprint density at radius 3 is 2.14 bits per heavy atom. The van der Waals surface area contributed by atoms with E-state index >= 15 is 0 Å². The van der Waals surface area contributed by atoms with Crippen molar-refractivity contribution in [1.82, 2.24) is 0 Å². The number of carbonyl (C=O) groups excluding carboxylic acids is 1. The minimum atomic E-state index is -1.08. The molecule has 0 radical (unpaired) electrons. The van der Waals surface area contributed by atoms with Gasteiger partial charge in [-0.15, -0.1) is 0 Å². The van der Waals surface area contributed by atoms with Gasteiger partial charge in [0.25, 0.3) is 5.91 Å². The maximum atomic E-state index is 12.4. The second-order valence-electron chi connectivity index (χ2n) is 6.33. The third kappa shape index (κ3) is 4.98. The Morgan fingerprint density at radius 1 is 0.966 bits per heavy atom. The largest absolute Gasteiger partial charge is 0.486 e. The molecule has 2 aromatic carbocycles. The number of hydrogen-bond acceptors (Lipinski definition) is 3. The first-order valence-corrected chi connectivity index (χ1v) is 10.1. The summed E-state index contributed by atoms with van der Waals surface area (Å²) in [5, 5.41) is 13.1. The maximum Gasteiger partial charge on any atom is 0.332 e. The Kier molecular flexibility index (Phi) is 6.96. The van der Waals surface area contributed by atoms with Crippen molar-refractivity contribution >= 4 is 64.0 Å². The third-order valence-corrected chi connectivity index (χ3v) is 5.70. The van der Waals surface area contributed by atoms with Gasteiger partial charge in [-0.3, -0.25) is 4.79 Å². The van der Waals surface area contributed by atoms with Crippen molar-refractivity contribution in [3.63, 3.8) is 0 Å². The molecule has 1 amide bonds. The summed E-state index contributed by atoms with van der Waals surface area (Å²) in [6.07, 6.45) is 1.41. The monoisotopic (exact) mass is 473 g/mol. The van der Waals surface area contributed by atoms with Gasteiger partial charge in [0, 0.05) is 32.4 Å². The number of hydrogen-bond donors (Lipinski definition) is 2. The fourth-order valence-corrected chi connectivity index (χ4v) is 4.12. The Morgan fingerprint density at radius 2 is 1.55 bits per heavy atom. The third-order valence-electron chi connectivity index (χ3n) is 4.43. The fourth-order valence-electron chi connectivity index (χ4n) is 3.02. The first-order valence-electron chi connectivity index (χ1n) is 8.59. The zero-order valence-electron chi connectivity index (χ0n) is 14.9. The minimum absolute atomic E-state index is 0.0541. The van der Waals surface area contributed by atoms with E-state index in [4.69, 9.17) is 51.1 Å². The summed E-state index contributed by atoms with van der Waals surface area (Å²) in [5.41, 5.74) is 1.32. The van der Waals surface area contributed by atoms with Gasteiger partial charge < -0.3 is 15.2 Å². The highest BCUT2D eigenvalue weighted by atomic mass is 35.5. The van der Waals surface area contributed by atoms with Crippen LogP contribution in [-0.2, 0) is 16.2 Å². The standard InChI is InChI=1S/C20H15Cl4NO4/c21-14-5-2-6-15(22)13(14)9-29-18-16(23)7-10(8-17(18)24)25-19(26)11-3-1-4-12(11)20(27)28/h2,5-8H,1,3-4,9H2,(H,25,26)(H,27,28). The zero-order chi connectivity index (χ0) is 21.1. The van der Waals surface area contributed by atoms with Gasteiger partial charge in [0.2, 0.25) is 0 Å². The summed E-state index contributed by atoms with van der Waals surface area (Å²) in [6.45, 7) is 0.0541. The first kappa shape index (κ1) is 21.8. The molecule has 3 rings (SSSR count). The van der Waals surface area contributed by atoms with Crippen LogP contribution in [0.2, 0.25) is 20.1 Å².